The number of hydrogen-bond acceptors (Lipinski definition) is 3. The molecule has 1 aliphatic carbocycles. The number of nitrogens with one attached hydrogen (secondary N) is 1. The second-order valence-corrected chi connectivity index (χ2v) is 4.95. The Hall–Kier alpha value is -1.36. The van der Waals surface area contributed by atoms with Gasteiger partial charge in [-0.2, -0.15) is 5.10 Å². The van der Waals surface area contributed by atoms with Crippen molar-refractivity contribution in [2.24, 2.45) is 7.05 Å². The Bertz CT molecular complexity index is 428. The molecule has 2 N–H and O–H groups in total. The van der Waals surface area contributed by atoms with Gasteiger partial charge in [0.25, 0.3) is 5.91 Å². The van der Waals surface area contributed by atoms with Gasteiger partial charge in [0.15, 0.2) is 0 Å². The van der Waals surface area contributed by atoms with Crippen molar-refractivity contribution in [3.05, 3.63) is 17.5 Å². The van der Waals surface area contributed by atoms with Gasteiger partial charge in [-0.1, -0.05) is 19.8 Å². The minimum absolute atomic E-state index is 0.115. The van der Waals surface area contributed by atoms with Crippen LogP contribution in [0.5, 0.6) is 0 Å². The summed E-state index contributed by atoms with van der Waals surface area (Å²) in [7, 11) is 1.81. The maximum atomic E-state index is 12.2. The summed E-state index contributed by atoms with van der Waals surface area (Å²) >= 11 is 0. The van der Waals surface area contributed by atoms with Gasteiger partial charge in [0.05, 0.1) is 23.4 Å². The Labute approximate surface area is 107 Å². The van der Waals surface area contributed by atoms with E-state index in [9.17, 15) is 9.90 Å². The van der Waals surface area contributed by atoms with Crippen LogP contribution in [0.1, 0.15) is 48.7 Å². The summed E-state index contributed by atoms with van der Waals surface area (Å²) in [6, 6.07) is -0.115. The minimum Gasteiger partial charge on any atom is -0.391 e. The molecular weight excluding hydrogens is 230 g/mol. The first-order chi connectivity index (χ1) is 8.61. The highest BCUT2D eigenvalue weighted by Crippen LogP contribution is 2.19. The lowest BCUT2D eigenvalue weighted by Crippen LogP contribution is -2.45. The zero-order valence-electron chi connectivity index (χ0n) is 11.0. The zero-order valence-corrected chi connectivity index (χ0v) is 11.0. The predicted octanol–water partition coefficient (Wildman–Crippen LogP) is 1.02. The molecule has 2 rings (SSSR count). The van der Waals surface area contributed by atoms with E-state index in [1.54, 1.807) is 10.9 Å². The van der Waals surface area contributed by atoms with Crippen LogP contribution in [-0.4, -0.2) is 32.9 Å². The Balaban J connectivity index is 2.06. The molecule has 2 atom stereocenters. The summed E-state index contributed by atoms with van der Waals surface area (Å²) in [6.45, 7) is 1.98. The minimum atomic E-state index is -0.413. The number of rotatable bonds is 3. The molecule has 100 valence electrons. The van der Waals surface area contributed by atoms with Crippen LogP contribution >= 0.6 is 0 Å². The third-order valence-corrected chi connectivity index (χ3v) is 3.53. The molecule has 1 aliphatic rings. The van der Waals surface area contributed by atoms with Gasteiger partial charge in [0.1, 0.15) is 0 Å². The molecule has 1 saturated carbocycles. The molecule has 5 heteroatoms. The first-order valence-corrected chi connectivity index (χ1v) is 6.63. The molecule has 1 aromatic rings. The zero-order chi connectivity index (χ0) is 13.1. The van der Waals surface area contributed by atoms with Gasteiger partial charge in [0, 0.05) is 13.2 Å². The molecular formula is C13H21N3O2. The Morgan fingerprint density at radius 1 is 1.56 bits per heavy atom. The fourth-order valence-corrected chi connectivity index (χ4v) is 2.51. The van der Waals surface area contributed by atoms with Gasteiger partial charge in [-0.25, -0.2) is 0 Å². The third kappa shape index (κ3) is 2.72. The fraction of sp³-hybridized carbons (Fsp3) is 0.692. The first kappa shape index (κ1) is 13.1. The quantitative estimate of drug-likeness (QED) is 0.842. The predicted molar refractivity (Wildman–Crippen MR) is 68.3 cm³/mol. The number of carbonyl (C=O) groups is 1. The number of hydrogen-bond donors (Lipinski definition) is 2. The number of aliphatic hydroxyl groups excluding tert-OH is 1. The summed E-state index contributed by atoms with van der Waals surface area (Å²) in [5, 5.41) is 17.0. The third-order valence-electron chi connectivity index (χ3n) is 3.53. The summed E-state index contributed by atoms with van der Waals surface area (Å²) in [5.74, 6) is -0.120. The lowest BCUT2D eigenvalue weighted by Gasteiger charge is -2.28. The highest BCUT2D eigenvalue weighted by Gasteiger charge is 2.26. The second kappa shape index (κ2) is 5.52. The van der Waals surface area contributed by atoms with Crippen molar-refractivity contribution in [2.75, 3.05) is 0 Å². The SMILES string of the molecule is CCc1nn(C)cc1C(=O)N[C@@H]1CCCC[C@H]1O. The van der Waals surface area contributed by atoms with Crippen LogP contribution in [0.2, 0.25) is 0 Å². The largest absolute Gasteiger partial charge is 0.391 e. The van der Waals surface area contributed by atoms with Crippen LogP contribution in [0.4, 0.5) is 0 Å². The van der Waals surface area contributed by atoms with E-state index >= 15 is 0 Å². The van der Waals surface area contributed by atoms with Gasteiger partial charge in [-0.3, -0.25) is 9.48 Å². The summed E-state index contributed by atoms with van der Waals surface area (Å²) in [4.78, 5) is 12.2. The van der Waals surface area contributed by atoms with Crippen LogP contribution in [0.15, 0.2) is 6.20 Å². The molecule has 0 unspecified atom stereocenters. The van der Waals surface area contributed by atoms with Gasteiger partial charge < -0.3 is 10.4 Å². The highest BCUT2D eigenvalue weighted by atomic mass is 16.3. The Morgan fingerprint density at radius 2 is 2.28 bits per heavy atom. The van der Waals surface area contributed by atoms with Crippen molar-refractivity contribution in [3.8, 4) is 0 Å². The van der Waals surface area contributed by atoms with Gasteiger partial charge >= 0.3 is 0 Å². The van der Waals surface area contributed by atoms with Crippen LogP contribution < -0.4 is 5.32 Å². The van der Waals surface area contributed by atoms with E-state index < -0.39 is 6.10 Å². The van der Waals surface area contributed by atoms with E-state index in [-0.39, 0.29) is 11.9 Å². The number of carbonyl (C=O) groups excluding carboxylic acids is 1. The number of amides is 1. The molecule has 0 aliphatic heterocycles. The maximum absolute atomic E-state index is 12.2. The van der Waals surface area contributed by atoms with Crippen molar-refractivity contribution in [1.82, 2.24) is 15.1 Å². The number of aliphatic hydroxyl groups is 1. The number of nitrogens with zero attached hydrogens (tertiary/aromatic N) is 2. The molecule has 18 heavy (non-hydrogen) atoms. The standard InChI is InChI=1S/C13H21N3O2/c1-3-10-9(8-16(2)15-10)13(18)14-11-6-4-5-7-12(11)17/h8,11-12,17H,3-7H2,1-2H3,(H,14,18)/t11-,12-/m1/s1. The molecule has 0 bridgehead atoms. The molecule has 1 fully saturated rings. The van der Waals surface area contributed by atoms with Crippen molar-refractivity contribution in [1.29, 1.82) is 0 Å². The van der Waals surface area contributed by atoms with E-state index in [1.165, 1.54) is 0 Å². The van der Waals surface area contributed by atoms with Crippen LogP contribution in [-0.2, 0) is 13.5 Å². The van der Waals surface area contributed by atoms with Crippen molar-refractivity contribution < 1.29 is 9.90 Å². The van der Waals surface area contributed by atoms with E-state index in [2.05, 4.69) is 10.4 Å². The van der Waals surface area contributed by atoms with Crippen molar-refractivity contribution in [2.45, 2.75) is 51.2 Å². The Kier molecular flexibility index (Phi) is 4.01. The monoisotopic (exact) mass is 251 g/mol. The summed E-state index contributed by atoms with van der Waals surface area (Å²) in [5.41, 5.74) is 1.43. The molecule has 1 aromatic heterocycles. The van der Waals surface area contributed by atoms with E-state index in [0.717, 1.165) is 37.8 Å². The maximum Gasteiger partial charge on any atom is 0.255 e. The smallest absolute Gasteiger partial charge is 0.255 e. The van der Waals surface area contributed by atoms with Crippen LogP contribution in [0.3, 0.4) is 0 Å². The average Bonchev–Trinajstić information content (AvgIpc) is 2.73. The van der Waals surface area contributed by atoms with Crippen molar-refractivity contribution in [3.63, 3.8) is 0 Å². The first-order valence-electron chi connectivity index (χ1n) is 6.63. The lowest BCUT2D eigenvalue weighted by atomic mass is 9.92. The highest BCUT2D eigenvalue weighted by molar-refractivity contribution is 5.95. The van der Waals surface area contributed by atoms with Gasteiger partial charge in [0.2, 0.25) is 0 Å². The normalized spacial score (nSPS) is 23.9. The van der Waals surface area contributed by atoms with E-state index in [1.807, 2.05) is 14.0 Å². The summed E-state index contributed by atoms with van der Waals surface area (Å²) < 4.78 is 1.66. The molecule has 1 amide bonds. The molecule has 0 aromatic carbocycles. The van der Waals surface area contributed by atoms with Gasteiger partial charge in [-0.05, 0) is 19.3 Å². The lowest BCUT2D eigenvalue weighted by molar-refractivity contribution is 0.0716. The number of aromatic nitrogens is 2. The van der Waals surface area contributed by atoms with Crippen LogP contribution in [0.25, 0.3) is 0 Å². The van der Waals surface area contributed by atoms with Crippen molar-refractivity contribution >= 4 is 5.91 Å². The van der Waals surface area contributed by atoms with Crippen LogP contribution in [0, 0.1) is 0 Å². The molecule has 5 nitrogen and oxygen atoms in total. The van der Waals surface area contributed by atoms with E-state index in [0.29, 0.717) is 5.56 Å². The molecule has 1 heterocycles. The summed E-state index contributed by atoms with van der Waals surface area (Å²) in [6.07, 6.45) is 5.80. The van der Waals surface area contributed by atoms with Gasteiger partial charge in [-0.15, -0.1) is 0 Å². The van der Waals surface area contributed by atoms with E-state index in [4.69, 9.17) is 0 Å². The molecule has 0 spiro atoms. The second-order valence-electron chi connectivity index (χ2n) is 4.95. The number of aryl methyl sites for hydroxylation is 2. The topological polar surface area (TPSA) is 67.2 Å². The average molecular weight is 251 g/mol. The molecule has 0 radical (unpaired) electrons. The molecule has 0 saturated heterocycles. The fourth-order valence-electron chi connectivity index (χ4n) is 2.51. The Morgan fingerprint density at radius 3 is 2.94 bits per heavy atom.